The second-order valence-electron chi connectivity index (χ2n) is 3.26. The predicted molar refractivity (Wildman–Crippen MR) is 57.9 cm³/mol. The second kappa shape index (κ2) is 5.15. The molecular weight excluding hydrogens is 295 g/mol. The molecule has 100 valence electrons. The van der Waals surface area contributed by atoms with E-state index in [1.54, 1.807) is 5.32 Å². The van der Waals surface area contributed by atoms with Gasteiger partial charge < -0.3 is 5.32 Å². The molecule has 9 heteroatoms. The van der Waals surface area contributed by atoms with Crippen molar-refractivity contribution in [3.63, 3.8) is 0 Å². The molecule has 0 spiro atoms. The zero-order valence-corrected chi connectivity index (χ0v) is 10.2. The number of rotatable bonds is 3. The summed E-state index contributed by atoms with van der Waals surface area (Å²) in [6.07, 6.45) is -4.54. The Morgan fingerprint density at radius 1 is 1.33 bits per heavy atom. The number of nitrogens with one attached hydrogen (secondary N) is 1. The summed E-state index contributed by atoms with van der Waals surface area (Å²) in [6.45, 7) is -1.50. The predicted octanol–water partition coefficient (Wildman–Crippen LogP) is 1.91. The van der Waals surface area contributed by atoms with Gasteiger partial charge >= 0.3 is 6.18 Å². The summed E-state index contributed by atoms with van der Waals surface area (Å²) in [4.78, 5) is 11.0. The van der Waals surface area contributed by atoms with Crippen molar-refractivity contribution >= 4 is 25.6 Å². The highest BCUT2D eigenvalue weighted by Gasteiger charge is 2.28. The number of amides is 1. The molecule has 0 fully saturated rings. The smallest absolute Gasteiger partial charge is 0.343 e. The van der Waals surface area contributed by atoms with Crippen molar-refractivity contribution in [3.8, 4) is 0 Å². The van der Waals surface area contributed by atoms with Gasteiger partial charge in [-0.1, -0.05) is 6.07 Å². The van der Waals surface area contributed by atoms with E-state index in [9.17, 15) is 26.4 Å². The third-order valence-corrected chi connectivity index (χ3v) is 3.18. The molecule has 0 aliphatic carbocycles. The van der Waals surface area contributed by atoms with Crippen LogP contribution in [0.15, 0.2) is 29.2 Å². The van der Waals surface area contributed by atoms with Crippen LogP contribution < -0.4 is 5.32 Å². The van der Waals surface area contributed by atoms with Gasteiger partial charge in [0.25, 0.3) is 15.0 Å². The molecule has 1 rings (SSSR count). The molecule has 0 heterocycles. The minimum atomic E-state index is -4.54. The van der Waals surface area contributed by atoms with Crippen LogP contribution in [0.2, 0.25) is 0 Å². The highest BCUT2D eigenvalue weighted by Crippen LogP contribution is 2.17. The van der Waals surface area contributed by atoms with E-state index in [-0.39, 0.29) is 10.5 Å². The minimum Gasteiger partial charge on any atom is -0.343 e. The molecule has 0 radical (unpaired) electrons. The number of carbonyl (C=O) groups excluding carboxylic acids is 1. The van der Waals surface area contributed by atoms with Gasteiger partial charge in [0.2, 0.25) is 0 Å². The van der Waals surface area contributed by atoms with Crippen molar-refractivity contribution in [1.82, 2.24) is 5.32 Å². The molecule has 0 saturated carbocycles. The Morgan fingerprint density at radius 2 is 1.94 bits per heavy atom. The molecule has 0 unspecified atom stereocenters. The lowest BCUT2D eigenvalue weighted by Gasteiger charge is -2.08. The number of hydrogen-bond acceptors (Lipinski definition) is 3. The van der Waals surface area contributed by atoms with Gasteiger partial charge in [-0.3, -0.25) is 4.79 Å². The largest absolute Gasteiger partial charge is 0.405 e. The number of alkyl halides is 3. The minimum absolute atomic E-state index is 0.221. The van der Waals surface area contributed by atoms with Gasteiger partial charge in [0.1, 0.15) is 6.54 Å². The van der Waals surface area contributed by atoms with Crippen molar-refractivity contribution in [1.29, 1.82) is 0 Å². The first-order valence-electron chi connectivity index (χ1n) is 4.49. The maximum atomic E-state index is 11.9. The van der Waals surface area contributed by atoms with Gasteiger partial charge in [-0.05, 0) is 18.2 Å². The lowest BCUT2D eigenvalue weighted by Crippen LogP contribution is -2.33. The van der Waals surface area contributed by atoms with E-state index >= 15 is 0 Å². The Labute approximate surface area is 105 Å². The maximum Gasteiger partial charge on any atom is 0.405 e. The quantitative estimate of drug-likeness (QED) is 0.867. The fourth-order valence-corrected chi connectivity index (χ4v) is 1.87. The van der Waals surface area contributed by atoms with Crippen molar-refractivity contribution in [2.75, 3.05) is 6.54 Å². The highest BCUT2D eigenvalue weighted by molar-refractivity contribution is 8.13. The van der Waals surface area contributed by atoms with E-state index < -0.39 is 27.7 Å². The lowest BCUT2D eigenvalue weighted by atomic mass is 10.2. The number of halogens is 4. The number of carbonyl (C=O) groups is 1. The first-order valence-corrected chi connectivity index (χ1v) is 6.80. The summed E-state index contributed by atoms with van der Waals surface area (Å²) in [7, 11) is 1.01. The van der Waals surface area contributed by atoms with E-state index in [4.69, 9.17) is 10.7 Å². The van der Waals surface area contributed by atoms with Crippen LogP contribution in [-0.2, 0) is 9.05 Å². The summed E-state index contributed by atoms with van der Waals surface area (Å²) in [5.41, 5.74) is -0.221. The molecule has 1 N–H and O–H groups in total. The molecule has 0 aliphatic rings. The second-order valence-corrected chi connectivity index (χ2v) is 5.83. The lowest BCUT2D eigenvalue weighted by molar-refractivity contribution is -0.123. The molecule has 0 saturated heterocycles. The summed E-state index contributed by atoms with van der Waals surface area (Å²) in [5.74, 6) is -1.03. The van der Waals surface area contributed by atoms with Gasteiger partial charge in [-0.2, -0.15) is 13.2 Å². The van der Waals surface area contributed by atoms with Crippen LogP contribution >= 0.6 is 10.7 Å². The van der Waals surface area contributed by atoms with Gasteiger partial charge in [-0.25, -0.2) is 8.42 Å². The Hall–Kier alpha value is -1.28. The first-order chi connectivity index (χ1) is 8.09. The zero-order valence-electron chi connectivity index (χ0n) is 8.66. The van der Waals surface area contributed by atoms with Crippen LogP contribution in [-0.4, -0.2) is 27.0 Å². The van der Waals surface area contributed by atoms with E-state index in [1.807, 2.05) is 0 Å². The molecule has 0 aromatic heterocycles. The number of benzene rings is 1. The Balaban J connectivity index is 2.88. The molecule has 0 atom stereocenters. The molecule has 1 aromatic rings. The van der Waals surface area contributed by atoms with Gasteiger partial charge in [0, 0.05) is 16.2 Å². The SMILES string of the molecule is O=C(NCC(F)(F)F)c1cccc(S(=O)(=O)Cl)c1. The Kier molecular flexibility index (Phi) is 4.23. The zero-order chi connectivity index (χ0) is 14.0. The summed E-state index contributed by atoms with van der Waals surface area (Å²) < 4.78 is 57.6. The first kappa shape index (κ1) is 14.8. The highest BCUT2D eigenvalue weighted by atomic mass is 35.7. The summed E-state index contributed by atoms with van der Waals surface area (Å²) >= 11 is 0. The molecule has 1 amide bonds. The third kappa shape index (κ3) is 4.53. The van der Waals surface area contributed by atoms with E-state index in [1.165, 1.54) is 12.1 Å². The molecule has 1 aromatic carbocycles. The van der Waals surface area contributed by atoms with Crippen molar-refractivity contribution in [3.05, 3.63) is 29.8 Å². The van der Waals surface area contributed by atoms with Gasteiger partial charge in [-0.15, -0.1) is 0 Å². The van der Waals surface area contributed by atoms with Crippen LogP contribution in [0.5, 0.6) is 0 Å². The molecule has 0 bridgehead atoms. The maximum absolute atomic E-state index is 11.9. The Morgan fingerprint density at radius 3 is 2.44 bits per heavy atom. The van der Waals surface area contributed by atoms with Crippen LogP contribution in [0.3, 0.4) is 0 Å². The van der Waals surface area contributed by atoms with Crippen molar-refractivity contribution in [2.45, 2.75) is 11.1 Å². The fourth-order valence-electron chi connectivity index (χ4n) is 1.07. The van der Waals surface area contributed by atoms with Crippen LogP contribution in [0.1, 0.15) is 10.4 Å². The van der Waals surface area contributed by atoms with Crippen LogP contribution in [0.4, 0.5) is 13.2 Å². The summed E-state index contributed by atoms with van der Waals surface area (Å²) in [5, 5.41) is 1.62. The average Bonchev–Trinajstić information content (AvgIpc) is 2.24. The number of hydrogen-bond donors (Lipinski definition) is 1. The fraction of sp³-hybridized carbons (Fsp3) is 0.222. The van der Waals surface area contributed by atoms with E-state index in [2.05, 4.69) is 0 Å². The molecule has 0 aliphatic heterocycles. The molecule has 4 nitrogen and oxygen atoms in total. The van der Waals surface area contributed by atoms with Crippen molar-refractivity contribution < 1.29 is 26.4 Å². The van der Waals surface area contributed by atoms with E-state index in [0.717, 1.165) is 12.1 Å². The Bertz CT molecular complexity index is 556. The van der Waals surface area contributed by atoms with Crippen molar-refractivity contribution in [2.24, 2.45) is 0 Å². The van der Waals surface area contributed by atoms with Crippen LogP contribution in [0, 0.1) is 0 Å². The standard InChI is InChI=1S/C9H7ClF3NO3S/c10-18(16,17)7-3-1-2-6(4-7)8(15)14-5-9(11,12)13/h1-4H,5H2,(H,14,15). The normalized spacial score (nSPS) is 12.2. The third-order valence-electron chi connectivity index (χ3n) is 1.83. The van der Waals surface area contributed by atoms with Gasteiger partial charge in [0.15, 0.2) is 0 Å². The summed E-state index contributed by atoms with van der Waals surface area (Å²) in [6, 6.07) is 4.41. The van der Waals surface area contributed by atoms with Crippen LogP contribution in [0.25, 0.3) is 0 Å². The van der Waals surface area contributed by atoms with E-state index in [0.29, 0.717) is 0 Å². The topological polar surface area (TPSA) is 63.2 Å². The molecular formula is C9H7ClF3NO3S. The van der Waals surface area contributed by atoms with Gasteiger partial charge in [0.05, 0.1) is 4.90 Å². The molecule has 18 heavy (non-hydrogen) atoms. The monoisotopic (exact) mass is 301 g/mol. The average molecular weight is 302 g/mol.